The summed E-state index contributed by atoms with van der Waals surface area (Å²) in [5.74, 6) is 0.210. The normalized spacial score (nSPS) is 18.1. The number of carbonyl (C=O) groups is 2. The molecule has 3 unspecified atom stereocenters. The first kappa shape index (κ1) is 36.6. The molecule has 0 saturated carbocycles. The summed E-state index contributed by atoms with van der Waals surface area (Å²) in [4.78, 5) is 24.1. The number of hydrogen-bond donors (Lipinski definition) is 1. The van der Waals surface area contributed by atoms with E-state index in [1.165, 1.54) is 64.2 Å². The van der Waals surface area contributed by atoms with Crippen molar-refractivity contribution in [2.24, 2.45) is 5.92 Å². The van der Waals surface area contributed by atoms with Gasteiger partial charge in [-0.2, -0.15) is 0 Å². The van der Waals surface area contributed by atoms with Crippen LogP contribution >= 0.6 is 0 Å². The van der Waals surface area contributed by atoms with E-state index in [9.17, 15) is 14.7 Å². The van der Waals surface area contributed by atoms with Crippen LogP contribution in [0.15, 0.2) is 12.2 Å². The summed E-state index contributed by atoms with van der Waals surface area (Å²) in [6, 6.07) is 0. The first-order chi connectivity index (χ1) is 19.5. The molecule has 1 heterocycles. The lowest BCUT2D eigenvalue weighted by atomic mass is 10.00. The minimum atomic E-state index is -0.776. The molecule has 0 aromatic rings. The average Bonchev–Trinajstić information content (AvgIpc) is 3.71. The van der Waals surface area contributed by atoms with Crippen molar-refractivity contribution >= 4 is 11.9 Å². The van der Waals surface area contributed by atoms with Gasteiger partial charge in [-0.05, 0) is 44.4 Å². The zero-order chi connectivity index (χ0) is 29.3. The van der Waals surface area contributed by atoms with E-state index in [0.717, 1.165) is 63.7 Å². The molecule has 4 atom stereocenters. The van der Waals surface area contributed by atoms with Gasteiger partial charge in [-0.15, -0.1) is 0 Å². The van der Waals surface area contributed by atoms with Gasteiger partial charge in [0.25, 0.3) is 0 Å². The van der Waals surface area contributed by atoms with Gasteiger partial charge in [-0.25, -0.2) is 0 Å². The summed E-state index contributed by atoms with van der Waals surface area (Å²) in [7, 11) is 0. The van der Waals surface area contributed by atoms with Crippen molar-refractivity contribution in [1.82, 2.24) is 0 Å². The number of ether oxygens (including phenoxy) is 3. The Labute approximate surface area is 246 Å². The molecule has 0 aromatic heterocycles. The van der Waals surface area contributed by atoms with Gasteiger partial charge < -0.3 is 19.3 Å². The Balaban J connectivity index is 1.92. The molecule has 0 aliphatic carbocycles. The van der Waals surface area contributed by atoms with Crippen molar-refractivity contribution in [3.8, 4) is 0 Å². The highest BCUT2D eigenvalue weighted by Gasteiger charge is 2.36. The predicted octanol–water partition coefficient (Wildman–Crippen LogP) is 8.63. The van der Waals surface area contributed by atoms with E-state index >= 15 is 0 Å². The second-order valence-corrected chi connectivity index (χ2v) is 11.9. The monoisotopic (exact) mass is 566 g/mol. The van der Waals surface area contributed by atoms with E-state index in [1.54, 1.807) is 0 Å². The summed E-state index contributed by atoms with van der Waals surface area (Å²) in [6.45, 7) is 6.38. The van der Waals surface area contributed by atoms with Crippen LogP contribution in [0.2, 0.25) is 0 Å². The summed E-state index contributed by atoms with van der Waals surface area (Å²) in [6.07, 6.45) is 27.2. The molecule has 0 aromatic carbocycles. The van der Waals surface area contributed by atoms with Crippen LogP contribution in [-0.4, -0.2) is 48.6 Å². The zero-order valence-corrected chi connectivity index (χ0v) is 26.2. The summed E-state index contributed by atoms with van der Waals surface area (Å²) in [5, 5.41) is 9.49. The Kier molecular flexibility index (Phi) is 23.2. The molecule has 0 bridgehead atoms. The zero-order valence-electron chi connectivity index (χ0n) is 26.2. The fourth-order valence-electron chi connectivity index (χ4n) is 4.95. The van der Waals surface area contributed by atoms with Crippen LogP contribution in [0.5, 0.6) is 0 Å². The quantitative estimate of drug-likeness (QED) is 0.0441. The van der Waals surface area contributed by atoms with E-state index in [2.05, 4.69) is 32.9 Å². The topological polar surface area (TPSA) is 85.4 Å². The lowest BCUT2D eigenvalue weighted by Crippen LogP contribution is -2.28. The van der Waals surface area contributed by atoms with Crippen molar-refractivity contribution in [3.05, 3.63) is 12.2 Å². The van der Waals surface area contributed by atoms with Gasteiger partial charge in [0.1, 0.15) is 6.61 Å². The number of rotatable bonds is 28. The Morgan fingerprint density at radius 1 is 0.800 bits per heavy atom. The molecule has 1 aliphatic rings. The van der Waals surface area contributed by atoms with Crippen LogP contribution in [-0.2, 0) is 23.8 Å². The average molecular weight is 567 g/mol. The molecular weight excluding hydrogens is 504 g/mol. The van der Waals surface area contributed by atoms with Crippen molar-refractivity contribution in [1.29, 1.82) is 0 Å². The molecule has 6 nitrogen and oxygen atoms in total. The number of unbranched alkanes of at least 4 members (excludes halogenated alkanes) is 12. The molecule has 1 aliphatic heterocycles. The highest BCUT2D eigenvalue weighted by Crippen LogP contribution is 2.30. The van der Waals surface area contributed by atoms with E-state index in [4.69, 9.17) is 14.2 Å². The first-order valence-electron chi connectivity index (χ1n) is 16.8. The van der Waals surface area contributed by atoms with Crippen molar-refractivity contribution in [3.63, 3.8) is 0 Å². The SMILES string of the molecule is CCCCCC1OC1C/C=C\CCCCCCCC(=O)O[C@@H](CO)COC(=O)CCCCCCCCC(C)CC. The van der Waals surface area contributed by atoms with E-state index in [0.29, 0.717) is 25.0 Å². The molecule has 234 valence electrons. The number of aliphatic hydroxyl groups is 1. The Hall–Kier alpha value is -1.40. The molecule has 1 rings (SSSR count). The molecule has 40 heavy (non-hydrogen) atoms. The highest BCUT2D eigenvalue weighted by atomic mass is 16.6. The number of aliphatic hydroxyl groups excluding tert-OH is 1. The van der Waals surface area contributed by atoms with Gasteiger partial charge in [-0.3, -0.25) is 9.59 Å². The second-order valence-electron chi connectivity index (χ2n) is 11.9. The fraction of sp³-hybridized carbons (Fsp3) is 0.882. The number of hydrogen-bond acceptors (Lipinski definition) is 6. The molecule has 1 fully saturated rings. The number of allylic oxidation sites excluding steroid dienone is 1. The maximum absolute atomic E-state index is 12.1. The summed E-state index contributed by atoms with van der Waals surface area (Å²) < 4.78 is 16.3. The Morgan fingerprint density at radius 2 is 1.45 bits per heavy atom. The lowest BCUT2D eigenvalue weighted by Gasteiger charge is -2.15. The summed E-state index contributed by atoms with van der Waals surface area (Å²) >= 11 is 0. The molecular formula is C34H62O6. The first-order valence-corrected chi connectivity index (χ1v) is 16.8. The molecule has 1 saturated heterocycles. The molecule has 0 amide bonds. The van der Waals surface area contributed by atoms with Gasteiger partial charge in [0.15, 0.2) is 6.10 Å². The minimum Gasteiger partial charge on any atom is -0.462 e. The third kappa shape index (κ3) is 21.4. The Bertz CT molecular complexity index is 648. The number of epoxide rings is 1. The molecule has 0 radical (unpaired) electrons. The third-order valence-corrected chi connectivity index (χ3v) is 8.02. The van der Waals surface area contributed by atoms with Crippen molar-refractivity contribution in [2.75, 3.05) is 13.2 Å². The van der Waals surface area contributed by atoms with Crippen LogP contribution in [0, 0.1) is 5.92 Å². The summed E-state index contributed by atoms with van der Waals surface area (Å²) in [5.41, 5.74) is 0. The van der Waals surface area contributed by atoms with Crippen LogP contribution in [0.1, 0.15) is 156 Å². The van der Waals surface area contributed by atoms with Crippen LogP contribution < -0.4 is 0 Å². The van der Waals surface area contributed by atoms with Crippen LogP contribution in [0.25, 0.3) is 0 Å². The third-order valence-electron chi connectivity index (χ3n) is 8.02. The standard InChI is InChI=1S/C34H62O6/c1-4-6-17-23-31-32(40-31)24-19-14-9-7-8-10-16-21-26-34(37)39-30(27-35)28-38-33(36)25-20-15-12-11-13-18-22-29(3)5-2/h14,19,29-32,35H,4-13,15-18,20-28H2,1-3H3/b19-14-/t29?,30-,31?,32?/m0/s1. The maximum atomic E-state index is 12.1. The molecule has 1 N–H and O–H groups in total. The molecule has 0 spiro atoms. The molecule has 6 heteroatoms. The van der Waals surface area contributed by atoms with Crippen molar-refractivity contribution < 1.29 is 28.9 Å². The minimum absolute atomic E-state index is 0.0728. The van der Waals surface area contributed by atoms with Crippen LogP contribution in [0.3, 0.4) is 0 Å². The lowest BCUT2D eigenvalue weighted by molar-refractivity contribution is -0.161. The van der Waals surface area contributed by atoms with Gasteiger partial charge in [0.2, 0.25) is 0 Å². The number of esters is 2. The van der Waals surface area contributed by atoms with Crippen LogP contribution in [0.4, 0.5) is 0 Å². The van der Waals surface area contributed by atoms with Crippen molar-refractivity contribution in [2.45, 2.75) is 174 Å². The fourth-order valence-corrected chi connectivity index (χ4v) is 4.95. The van der Waals surface area contributed by atoms with E-state index in [-0.39, 0.29) is 25.2 Å². The van der Waals surface area contributed by atoms with Gasteiger partial charge in [0, 0.05) is 12.8 Å². The maximum Gasteiger partial charge on any atom is 0.306 e. The smallest absolute Gasteiger partial charge is 0.306 e. The Morgan fingerprint density at radius 3 is 2.12 bits per heavy atom. The van der Waals surface area contributed by atoms with Gasteiger partial charge in [-0.1, -0.05) is 116 Å². The number of carbonyl (C=O) groups excluding carboxylic acids is 2. The second kappa shape index (κ2) is 25.3. The largest absolute Gasteiger partial charge is 0.462 e. The highest BCUT2D eigenvalue weighted by molar-refractivity contribution is 5.70. The van der Waals surface area contributed by atoms with E-state index in [1.807, 2.05) is 0 Å². The van der Waals surface area contributed by atoms with Gasteiger partial charge >= 0.3 is 11.9 Å². The predicted molar refractivity (Wildman–Crippen MR) is 163 cm³/mol. The van der Waals surface area contributed by atoms with E-state index < -0.39 is 6.10 Å². The van der Waals surface area contributed by atoms with Gasteiger partial charge in [0.05, 0.1) is 18.8 Å².